The van der Waals surface area contributed by atoms with Crippen LogP contribution in [-0.2, 0) is 0 Å². The summed E-state index contributed by atoms with van der Waals surface area (Å²) < 4.78 is 0. The average Bonchev–Trinajstić information content (AvgIpc) is 2.70. The fourth-order valence-electron chi connectivity index (χ4n) is 3.24. The molecule has 0 unspecified atom stereocenters. The Morgan fingerprint density at radius 3 is 2.62 bits per heavy atom. The topological polar surface area (TPSA) is 82.7 Å². The second-order valence-corrected chi connectivity index (χ2v) is 7.99. The van der Waals surface area contributed by atoms with Crippen molar-refractivity contribution in [2.24, 2.45) is 10.7 Å². The number of piperidine rings is 1. The summed E-state index contributed by atoms with van der Waals surface area (Å²) in [6, 6.07) is 7.47. The van der Waals surface area contributed by atoms with E-state index in [1.54, 1.807) is 30.1 Å². The Morgan fingerprint density at radius 1 is 1.24 bits per heavy atom. The van der Waals surface area contributed by atoms with Crippen molar-refractivity contribution in [3.8, 4) is 0 Å². The summed E-state index contributed by atoms with van der Waals surface area (Å²) in [5.41, 5.74) is 7.65. The first-order valence-electron chi connectivity index (χ1n) is 9.73. The summed E-state index contributed by atoms with van der Waals surface area (Å²) in [5, 5.41) is 4.45. The van der Waals surface area contributed by atoms with Crippen LogP contribution < -0.4 is 16.0 Å². The minimum Gasteiger partial charge on any atom is -0.369 e. The molecular formula is C20H27Cl2N7. The predicted octanol–water partition coefficient (Wildman–Crippen LogP) is 4.07. The smallest absolute Gasteiger partial charge is 0.234 e. The molecule has 0 bridgehead atoms. The normalized spacial score (nSPS) is 16.1. The van der Waals surface area contributed by atoms with E-state index in [9.17, 15) is 0 Å². The van der Waals surface area contributed by atoms with Crippen LogP contribution in [0.4, 0.5) is 17.5 Å². The molecule has 1 aliphatic rings. The molecule has 7 nitrogen and oxygen atoms in total. The molecule has 0 radical (unpaired) electrons. The average molecular weight is 436 g/mol. The maximum absolute atomic E-state index is 6.18. The zero-order chi connectivity index (χ0) is 21.0. The Morgan fingerprint density at radius 2 is 1.97 bits per heavy atom. The largest absolute Gasteiger partial charge is 0.369 e. The fourth-order valence-corrected chi connectivity index (χ4v) is 3.54. The first kappa shape index (κ1) is 21.6. The number of aryl methyl sites for hydroxylation is 1. The van der Waals surface area contributed by atoms with Gasteiger partial charge in [0.15, 0.2) is 0 Å². The summed E-state index contributed by atoms with van der Waals surface area (Å²) in [4.78, 5) is 17.7. The Bertz CT molecular complexity index is 879. The predicted molar refractivity (Wildman–Crippen MR) is 122 cm³/mol. The van der Waals surface area contributed by atoms with Gasteiger partial charge in [-0.1, -0.05) is 30.1 Å². The van der Waals surface area contributed by atoms with Crippen molar-refractivity contribution < 1.29 is 0 Å². The molecule has 0 saturated carbocycles. The van der Waals surface area contributed by atoms with Gasteiger partial charge in [-0.15, -0.1) is 0 Å². The fraction of sp³-hybridized carbons (Fsp3) is 0.450. The van der Waals surface area contributed by atoms with Crippen molar-refractivity contribution in [1.82, 2.24) is 14.9 Å². The van der Waals surface area contributed by atoms with E-state index in [4.69, 9.17) is 28.9 Å². The maximum Gasteiger partial charge on any atom is 0.234 e. The Balaban J connectivity index is 1.74. The summed E-state index contributed by atoms with van der Waals surface area (Å²) in [5.74, 6) is 1.55. The van der Waals surface area contributed by atoms with Gasteiger partial charge in [0, 0.05) is 37.9 Å². The van der Waals surface area contributed by atoms with Crippen LogP contribution in [0.5, 0.6) is 0 Å². The van der Waals surface area contributed by atoms with Gasteiger partial charge in [0.05, 0.1) is 15.7 Å². The van der Waals surface area contributed by atoms with Crippen LogP contribution >= 0.6 is 23.2 Å². The van der Waals surface area contributed by atoms with E-state index >= 15 is 0 Å². The van der Waals surface area contributed by atoms with E-state index in [2.05, 4.69) is 32.1 Å². The first-order valence-corrected chi connectivity index (χ1v) is 10.5. The number of nitrogens with one attached hydrogen (secondary N) is 1. The number of hydrogen-bond acceptors (Lipinski definition) is 5. The highest BCUT2D eigenvalue weighted by molar-refractivity contribution is 6.42. The molecule has 29 heavy (non-hydrogen) atoms. The van der Waals surface area contributed by atoms with Crippen molar-refractivity contribution >= 4 is 46.6 Å². The molecule has 0 spiro atoms. The number of rotatable bonds is 5. The number of aromatic nitrogens is 2. The monoisotopic (exact) mass is 435 g/mol. The van der Waals surface area contributed by atoms with Crippen LogP contribution in [0.15, 0.2) is 29.3 Å². The zero-order valence-corrected chi connectivity index (χ0v) is 18.5. The molecule has 9 heteroatoms. The standard InChI is InChI=1S/C20H27Cl2N7/c1-4-29-9-7-14(8-10-29)25-18-11-13(2)24-20(27-18)28(3)19(23)26-15-5-6-16(21)17(22)12-15/h5-6,11-12,14H,4,7-10H2,1-3H3,(H2,23,26)(H,24,25,27). The Labute approximate surface area is 181 Å². The van der Waals surface area contributed by atoms with Gasteiger partial charge in [0.2, 0.25) is 11.9 Å². The number of hydrogen-bond donors (Lipinski definition) is 2. The number of anilines is 2. The second kappa shape index (κ2) is 9.61. The molecule has 3 N–H and O–H groups in total. The highest BCUT2D eigenvalue weighted by atomic mass is 35.5. The minimum atomic E-state index is 0.260. The van der Waals surface area contributed by atoms with Gasteiger partial charge < -0.3 is 16.0 Å². The lowest BCUT2D eigenvalue weighted by Gasteiger charge is -2.31. The van der Waals surface area contributed by atoms with E-state index in [0.717, 1.165) is 44.0 Å². The molecule has 2 heterocycles. The molecular weight excluding hydrogens is 409 g/mol. The molecule has 1 saturated heterocycles. The van der Waals surface area contributed by atoms with Crippen LogP contribution in [0, 0.1) is 6.92 Å². The van der Waals surface area contributed by atoms with Gasteiger partial charge in [-0.3, -0.25) is 4.90 Å². The van der Waals surface area contributed by atoms with Gasteiger partial charge >= 0.3 is 0 Å². The van der Waals surface area contributed by atoms with Crippen molar-refractivity contribution in [3.05, 3.63) is 40.0 Å². The van der Waals surface area contributed by atoms with Crippen LogP contribution in [0.3, 0.4) is 0 Å². The van der Waals surface area contributed by atoms with Gasteiger partial charge in [0.1, 0.15) is 5.82 Å². The third-order valence-electron chi connectivity index (χ3n) is 5.02. The lowest BCUT2D eigenvalue weighted by molar-refractivity contribution is 0.229. The summed E-state index contributed by atoms with van der Waals surface area (Å²) in [6.07, 6.45) is 2.20. The molecule has 1 aromatic carbocycles. The number of guanidine groups is 1. The third kappa shape index (κ3) is 5.72. The molecule has 0 aliphatic carbocycles. The number of likely N-dealkylation sites (tertiary alicyclic amines) is 1. The first-order chi connectivity index (χ1) is 13.9. The molecule has 156 valence electrons. The van der Waals surface area contributed by atoms with Gasteiger partial charge in [0.25, 0.3) is 0 Å². The van der Waals surface area contributed by atoms with Crippen molar-refractivity contribution in [2.45, 2.75) is 32.7 Å². The second-order valence-electron chi connectivity index (χ2n) is 7.17. The summed E-state index contributed by atoms with van der Waals surface area (Å²) in [7, 11) is 1.79. The highest BCUT2D eigenvalue weighted by Gasteiger charge is 2.19. The minimum absolute atomic E-state index is 0.260. The van der Waals surface area contributed by atoms with Gasteiger partial charge in [-0.05, 0) is 44.5 Å². The summed E-state index contributed by atoms with van der Waals surface area (Å²) >= 11 is 12.0. The number of aliphatic imine (C=N–C) groups is 1. The van der Waals surface area contributed by atoms with Crippen LogP contribution in [-0.4, -0.2) is 53.6 Å². The molecule has 1 aromatic heterocycles. The maximum atomic E-state index is 6.18. The van der Waals surface area contributed by atoms with Crippen LogP contribution in [0.1, 0.15) is 25.5 Å². The van der Waals surface area contributed by atoms with Gasteiger partial charge in [-0.25, -0.2) is 9.98 Å². The SMILES string of the molecule is CCN1CCC(Nc2cc(C)nc(N(C)C(N)=Nc3ccc(Cl)c(Cl)c3)n2)CC1. The van der Waals surface area contributed by atoms with Crippen LogP contribution in [0.25, 0.3) is 0 Å². The lowest BCUT2D eigenvalue weighted by atomic mass is 10.1. The molecule has 1 fully saturated rings. The van der Waals surface area contributed by atoms with Gasteiger partial charge in [-0.2, -0.15) is 4.98 Å². The molecule has 3 rings (SSSR count). The third-order valence-corrected chi connectivity index (χ3v) is 5.76. The Kier molecular flexibility index (Phi) is 7.16. The van der Waals surface area contributed by atoms with E-state index < -0.39 is 0 Å². The van der Waals surface area contributed by atoms with E-state index in [1.165, 1.54) is 0 Å². The van der Waals surface area contributed by atoms with Crippen LogP contribution in [0.2, 0.25) is 10.0 Å². The van der Waals surface area contributed by atoms with Crippen molar-refractivity contribution in [1.29, 1.82) is 0 Å². The number of nitrogens with two attached hydrogens (primary N) is 1. The number of halogens is 2. The van der Waals surface area contributed by atoms with E-state index in [1.807, 2.05) is 13.0 Å². The lowest BCUT2D eigenvalue weighted by Crippen LogP contribution is -2.39. The quantitative estimate of drug-likeness (QED) is 0.543. The van der Waals surface area contributed by atoms with Crippen molar-refractivity contribution in [3.63, 3.8) is 0 Å². The zero-order valence-electron chi connectivity index (χ0n) is 17.0. The molecule has 0 amide bonds. The molecule has 1 aliphatic heterocycles. The number of nitrogens with zero attached hydrogens (tertiary/aromatic N) is 5. The van der Waals surface area contributed by atoms with E-state index in [-0.39, 0.29) is 5.96 Å². The Hall–Kier alpha value is -2.09. The molecule has 2 aromatic rings. The summed E-state index contributed by atoms with van der Waals surface area (Å²) in [6.45, 7) is 7.46. The highest BCUT2D eigenvalue weighted by Crippen LogP contribution is 2.27. The molecule has 0 atom stereocenters. The van der Waals surface area contributed by atoms with E-state index in [0.29, 0.717) is 27.7 Å². The number of benzene rings is 1. The van der Waals surface area contributed by atoms with Crippen molar-refractivity contribution in [2.75, 3.05) is 36.9 Å².